The van der Waals surface area contributed by atoms with Gasteiger partial charge in [-0.15, -0.1) is 0 Å². The summed E-state index contributed by atoms with van der Waals surface area (Å²) < 4.78 is 2.36. The molecular formula is C57H38N4. The molecule has 0 bridgehead atoms. The Bertz CT molecular complexity index is 3200. The summed E-state index contributed by atoms with van der Waals surface area (Å²) in [5, 5.41) is 2.36. The van der Waals surface area contributed by atoms with Gasteiger partial charge in [-0.25, -0.2) is 15.0 Å². The van der Waals surface area contributed by atoms with Crippen LogP contribution in [0.2, 0.25) is 0 Å². The molecule has 11 aromatic rings. The number of aromatic nitrogens is 4. The lowest BCUT2D eigenvalue weighted by Crippen LogP contribution is -2.00. The molecule has 0 unspecified atom stereocenters. The molecule has 0 radical (unpaired) electrons. The molecule has 11 rings (SSSR count). The molecule has 2 heterocycles. The summed E-state index contributed by atoms with van der Waals surface area (Å²) in [7, 11) is 0. The first-order valence-electron chi connectivity index (χ1n) is 20.6. The van der Waals surface area contributed by atoms with E-state index in [-0.39, 0.29) is 0 Å². The third kappa shape index (κ3) is 6.96. The van der Waals surface area contributed by atoms with Gasteiger partial charge in [-0.3, -0.25) is 0 Å². The summed E-state index contributed by atoms with van der Waals surface area (Å²) in [5.74, 6) is 1.86. The first-order valence-corrected chi connectivity index (χ1v) is 20.6. The highest BCUT2D eigenvalue weighted by atomic mass is 15.0. The average molecular weight is 779 g/mol. The quantitative estimate of drug-likeness (QED) is 0.154. The van der Waals surface area contributed by atoms with Crippen molar-refractivity contribution in [2.75, 3.05) is 0 Å². The fourth-order valence-corrected chi connectivity index (χ4v) is 8.35. The second-order valence-electron chi connectivity index (χ2n) is 15.3. The van der Waals surface area contributed by atoms with Crippen molar-refractivity contribution in [3.63, 3.8) is 0 Å². The van der Waals surface area contributed by atoms with E-state index in [2.05, 4.69) is 223 Å². The van der Waals surface area contributed by atoms with E-state index in [1.165, 1.54) is 38.6 Å². The number of para-hydroxylation sites is 1. The smallest absolute Gasteiger partial charge is 0.164 e. The van der Waals surface area contributed by atoms with Gasteiger partial charge in [0, 0.05) is 33.2 Å². The molecule has 4 heteroatoms. The highest BCUT2D eigenvalue weighted by molar-refractivity contribution is 6.10. The monoisotopic (exact) mass is 778 g/mol. The standard InChI is InChI=1S/C57H38N4/c1-4-13-39(14-5-1)42-23-25-45(26-24-42)48-19-12-20-50(37-48)61-53-22-11-10-21-51(53)52-36-35-49(38-54(52)61)57-59-55(46-31-27-43(28-32-46)40-15-6-2-7-16-40)58-56(60-57)47-33-29-44(30-34-47)41-17-8-3-9-18-41/h1-38H. The molecule has 0 fully saturated rings. The van der Waals surface area contributed by atoms with Crippen LogP contribution in [-0.4, -0.2) is 19.5 Å². The van der Waals surface area contributed by atoms with E-state index < -0.39 is 0 Å². The molecule has 0 aliphatic rings. The second-order valence-corrected chi connectivity index (χ2v) is 15.3. The van der Waals surface area contributed by atoms with Gasteiger partial charge in [0.15, 0.2) is 17.5 Å². The van der Waals surface area contributed by atoms with Crippen molar-refractivity contribution in [2.45, 2.75) is 0 Å². The maximum Gasteiger partial charge on any atom is 0.164 e. The zero-order valence-corrected chi connectivity index (χ0v) is 33.2. The molecule has 0 aliphatic heterocycles. The van der Waals surface area contributed by atoms with Crippen molar-refractivity contribution in [1.29, 1.82) is 0 Å². The summed E-state index contributed by atoms with van der Waals surface area (Å²) in [4.78, 5) is 15.5. The van der Waals surface area contributed by atoms with Crippen LogP contribution in [0.5, 0.6) is 0 Å². The van der Waals surface area contributed by atoms with Crippen LogP contribution in [0.1, 0.15) is 0 Å². The van der Waals surface area contributed by atoms with Gasteiger partial charge in [-0.2, -0.15) is 0 Å². The van der Waals surface area contributed by atoms with Crippen molar-refractivity contribution < 1.29 is 0 Å². The number of nitrogens with zero attached hydrogens (tertiary/aromatic N) is 4. The lowest BCUT2D eigenvalue weighted by molar-refractivity contribution is 1.07. The Morgan fingerprint density at radius 2 is 0.590 bits per heavy atom. The zero-order chi connectivity index (χ0) is 40.5. The minimum Gasteiger partial charge on any atom is -0.309 e. The van der Waals surface area contributed by atoms with Gasteiger partial charge in [-0.05, 0) is 68.8 Å². The van der Waals surface area contributed by atoms with Crippen LogP contribution in [0, 0.1) is 0 Å². The lowest BCUT2D eigenvalue weighted by atomic mass is 10.00. The molecule has 0 saturated carbocycles. The predicted molar refractivity (Wildman–Crippen MR) is 252 cm³/mol. The van der Waals surface area contributed by atoms with Crippen LogP contribution in [0.3, 0.4) is 0 Å². The molecule has 61 heavy (non-hydrogen) atoms. The predicted octanol–water partition coefficient (Wildman–Crippen LogP) is 14.6. The van der Waals surface area contributed by atoms with Gasteiger partial charge in [0.25, 0.3) is 0 Å². The van der Waals surface area contributed by atoms with Crippen LogP contribution >= 0.6 is 0 Å². The van der Waals surface area contributed by atoms with Crippen LogP contribution in [-0.2, 0) is 0 Å². The highest BCUT2D eigenvalue weighted by Crippen LogP contribution is 2.37. The van der Waals surface area contributed by atoms with Gasteiger partial charge in [-0.1, -0.05) is 206 Å². The molecule has 286 valence electrons. The number of hydrogen-bond acceptors (Lipinski definition) is 3. The number of fused-ring (bicyclic) bond motifs is 3. The number of benzene rings is 9. The molecule has 0 N–H and O–H groups in total. The van der Waals surface area contributed by atoms with Gasteiger partial charge < -0.3 is 4.57 Å². The van der Waals surface area contributed by atoms with E-state index in [1.54, 1.807) is 0 Å². The summed E-state index contributed by atoms with van der Waals surface area (Å²) in [6.45, 7) is 0. The fraction of sp³-hybridized carbons (Fsp3) is 0. The Labute approximate surface area is 354 Å². The molecule has 0 spiro atoms. The molecule has 0 amide bonds. The number of rotatable bonds is 8. The van der Waals surface area contributed by atoms with Crippen LogP contribution < -0.4 is 0 Å². The maximum absolute atomic E-state index is 5.18. The molecule has 0 aliphatic carbocycles. The van der Waals surface area contributed by atoms with Crippen LogP contribution in [0.25, 0.3) is 106 Å². The minimum atomic E-state index is 0.616. The van der Waals surface area contributed by atoms with Gasteiger partial charge in [0.05, 0.1) is 11.0 Å². The Morgan fingerprint density at radius 1 is 0.230 bits per heavy atom. The summed E-state index contributed by atoms with van der Waals surface area (Å²) >= 11 is 0. The van der Waals surface area contributed by atoms with Gasteiger partial charge >= 0.3 is 0 Å². The Morgan fingerprint density at radius 3 is 1.10 bits per heavy atom. The second kappa shape index (κ2) is 15.5. The van der Waals surface area contributed by atoms with E-state index in [1.807, 2.05) is 12.1 Å². The first kappa shape index (κ1) is 35.9. The maximum atomic E-state index is 5.18. The van der Waals surface area contributed by atoms with E-state index in [9.17, 15) is 0 Å². The first-order chi connectivity index (χ1) is 30.2. The topological polar surface area (TPSA) is 43.6 Å². The third-order valence-corrected chi connectivity index (χ3v) is 11.5. The Kier molecular flexibility index (Phi) is 9.14. The molecule has 2 aromatic heterocycles. The normalized spacial score (nSPS) is 11.3. The van der Waals surface area contributed by atoms with Crippen molar-refractivity contribution in [3.8, 4) is 84.4 Å². The van der Waals surface area contributed by atoms with E-state index >= 15 is 0 Å². The molecular weight excluding hydrogens is 741 g/mol. The van der Waals surface area contributed by atoms with Crippen LogP contribution in [0.15, 0.2) is 231 Å². The summed E-state index contributed by atoms with van der Waals surface area (Å²) in [6, 6.07) is 81.2. The molecule has 0 saturated heterocycles. The van der Waals surface area contributed by atoms with E-state index in [0.29, 0.717) is 17.5 Å². The summed E-state index contributed by atoms with van der Waals surface area (Å²) in [5.41, 5.74) is 15.4. The van der Waals surface area contributed by atoms with Gasteiger partial charge in [0.2, 0.25) is 0 Å². The summed E-state index contributed by atoms with van der Waals surface area (Å²) in [6.07, 6.45) is 0. The average Bonchev–Trinajstić information content (AvgIpc) is 3.68. The fourth-order valence-electron chi connectivity index (χ4n) is 8.35. The van der Waals surface area contributed by atoms with Crippen LogP contribution in [0.4, 0.5) is 0 Å². The molecule has 0 atom stereocenters. The molecule has 4 nitrogen and oxygen atoms in total. The Hall–Kier alpha value is -8.21. The molecule has 9 aromatic carbocycles. The van der Waals surface area contributed by atoms with Gasteiger partial charge in [0.1, 0.15) is 0 Å². The van der Waals surface area contributed by atoms with Crippen molar-refractivity contribution in [3.05, 3.63) is 231 Å². The van der Waals surface area contributed by atoms with Crippen molar-refractivity contribution >= 4 is 21.8 Å². The lowest BCUT2D eigenvalue weighted by Gasteiger charge is -2.12. The number of hydrogen-bond donors (Lipinski definition) is 0. The van der Waals surface area contributed by atoms with E-state index in [0.717, 1.165) is 50.1 Å². The third-order valence-electron chi connectivity index (χ3n) is 11.5. The highest BCUT2D eigenvalue weighted by Gasteiger charge is 2.17. The SMILES string of the molecule is c1ccc(-c2ccc(-c3cccc(-n4c5ccccc5c5ccc(-c6nc(-c7ccc(-c8ccccc8)cc7)nc(-c7ccc(-c8ccccc8)cc7)n6)cc54)c3)cc2)cc1. The Balaban J connectivity index is 1.03. The van der Waals surface area contributed by atoms with E-state index in [4.69, 9.17) is 15.0 Å². The van der Waals surface area contributed by atoms with Crippen molar-refractivity contribution in [2.24, 2.45) is 0 Å². The van der Waals surface area contributed by atoms with Crippen molar-refractivity contribution in [1.82, 2.24) is 19.5 Å². The minimum absolute atomic E-state index is 0.616. The largest absolute Gasteiger partial charge is 0.309 e. The zero-order valence-electron chi connectivity index (χ0n) is 33.2.